The van der Waals surface area contributed by atoms with Crippen LogP contribution in [0.25, 0.3) is 0 Å². The summed E-state index contributed by atoms with van der Waals surface area (Å²) in [7, 11) is 0. The predicted octanol–water partition coefficient (Wildman–Crippen LogP) is 1.95. The third-order valence-corrected chi connectivity index (χ3v) is 3.64. The van der Waals surface area contributed by atoms with Gasteiger partial charge in [0.1, 0.15) is 0 Å². The van der Waals surface area contributed by atoms with Gasteiger partial charge in [-0.2, -0.15) is 0 Å². The van der Waals surface area contributed by atoms with Gasteiger partial charge in [-0.3, -0.25) is 4.79 Å². The normalized spacial score (nSPS) is 11.0. The zero-order chi connectivity index (χ0) is 12.1. The Kier molecular flexibility index (Phi) is 4.89. The predicted molar refractivity (Wildman–Crippen MR) is 68.0 cm³/mol. The number of aromatic nitrogens is 1. The van der Waals surface area contributed by atoms with Gasteiger partial charge in [-0.15, -0.1) is 0 Å². The summed E-state index contributed by atoms with van der Waals surface area (Å²) in [6, 6.07) is 0. The van der Waals surface area contributed by atoms with E-state index in [1.165, 1.54) is 11.3 Å². The second-order valence-corrected chi connectivity index (χ2v) is 4.70. The SMILES string of the molecule is CCN(CC)CCC(=O)c1sc(N)nc1C. The first-order valence-electron chi connectivity index (χ1n) is 5.56. The maximum Gasteiger partial charge on any atom is 0.180 e. The van der Waals surface area contributed by atoms with Crippen molar-refractivity contribution in [1.29, 1.82) is 0 Å². The first kappa shape index (κ1) is 13.1. The molecule has 4 nitrogen and oxygen atoms in total. The molecule has 0 saturated heterocycles. The third-order valence-electron chi connectivity index (χ3n) is 2.62. The van der Waals surface area contributed by atoms with Crippen LogP contribution in [0.15, 0.2) is 0 Å². The van der Waals surface area contributed by atoms with Crippen LogP contribution < -0.4 is 5.73 Å². The summed E-state index contributed by atoms with van der Waals surface area (Å²) in [6.45, 7) is 8.80. The summed E-state index contributed by atoms with van der Waals surface area (Å²) in [4.78, 5) is 18.9. The number of Topliss-reactive ketones (excluding diaryl/α,β-unsaturated/α-hetero) is 1. The zero-order valence-corrected chi connectivity index (χ0v) is 10.9. The Morgan fingerprint density at radius 1 is 1.44 bits per heavy atom. The monoisotopic (exact) mass is 241 g/mol. The van der Waals surface area contributed by atoms with Gasteiger partial charge < -0.3 is 10.6 Å². The van der Waals surface area contributed by atoms with Crippen molar-refractivity contribution in [2.45, 2.75) is 27.2 Å². The number of carbonyl (C=O) groups is 1. The fourth-order valence-corrected chi connectivity index (χ4v) is 2.39. The van der Waals surface area contributed by atoms with Crippen LogP contribution in [-0.2, 0) is 0 Å². The minimum atomic E-state index is 0.151. The van der Waals surface area contributed by atoms with Crippen molar-refractivity contribution in [2.24, 2.45) is 0 Å². The van der Waals surface area contributed by atoms with Crippen molar-refractivity contribution in [3.05, 3.63) is 10.6 Å². The van der Waals surface area contributed by atoms with Crippen molar-refractivity contribution >= 4 is 22.3 Å². The van der Waals surface area contributed by atoms with Crippen LogP contribution in [0.3, 0.4) is 0 Å². The fourth-order valence-electron chi connectivity index (χ4n) is 1.59. The van der Waals surface area contributed by atoms with Gasteiger partial charge in [-0.05, 0) is 20.0 Å². The summed E-state index contributed by atoms with van der Waals surface area (Å²) < 4.78 is 0. The van der Waals surface area contributed by atoms with Crippen LogP contribution in [0.4, 0.5) is 5.13 Å². The first-order valence-corrected chi connectivity index (χ1v) is 6.38. The summed E-state index contributed by atoms with van der Waals surface area (Å²) in [6.07, 6.45) is 0.546. The van der Waals surface area contributed by atoms with Crippen molar-refractivity contribution < 1.29 is 4.79 Å². The molecule has 0 amide bonds. The quantitative estimate of drug-likeness (QED) is 0.773. The van der Waals surface area contributed by atoms with Crippen LogP contribution in [-0.4, -0.2) is 35.3 Å². The van der Waals surface area contributed by atoms with Crippen LogP contribution in [0.5, 0.6) is 0 Å². The molecule has 1 aromatic heterocycles. The highest BCUT2D eigenvalue weighted by molar-refractivity contribution is 7.17. The fraction of sp³-hybridized carbons (Fsp3) is 0.636. The molecule has 0 aliphatic carbocycles. The third kappa shape index (κ3) is 3.28. The Labute approximate surface area is 100 Å². The number of carbonyl (C=O) groups excluding carboxylic acids is 1. The number of rotatable bonds is 6. The molecule has 16 heavy (non-hydrogen) atoms. The summed E-state index contributed by atoms with van der Waals surface area (Å²) in [5, 5.41) is 0.476. The molecule has 1 aromatic rings. The average molecular weight is 241 g/mol. The molecule has 0 bridgehead atoms. The van der Waals surface area contributed by atoms with Gasteiger partial charge in [0.25, 0.3) is 0 Å². The molecular formula is C11H19N3OS. The van der Waals surface area contributed by atoms with Gasteiger partial charge in [0.05, 0.1) is 10.6 Å². The Bertz CT molecular complexity index is 358. The molecule has 0 saturated carbocycles. The second-order valence-electron chi connectivity index (χ2n) is 3.67. The number of ketones is 1. The maximum absolute atomic E-state index is 11.9. The molecule has 0 aromatic carbocycles. The Hall–Kier alpha value is -0.940. The molecule has 0 radical (unpaired) electrons. The molecule has 0 aliphatic heterocycles. The Morgan fingerprint density at radius 3 is 2.50 bits per heavy atom. The highest BCUT2D eigenvalue weighted by Crippen LogP contribution is 2.21. The van der Waals surface area contributed by atoms with Crippen molar-refractivity contribution in [1.82, 2.24) is 9.88 Å². The number of thiazole rings is 1. The maximum atomic E-state index is 11.9. The standard InChI is InChI=1S/C11H19N3OS/c1-4-14(5-2)7-6-9(15)10-8(3)13-11(12)16-10/h4-7H2,1-3H3,(H2,12,13). The molecule has 2 N–H and O–H groups in total. The topological polar surface area (TPSA) is 59.2 Å². The molecule has 0 aliphatic rings. The number of nitrogen functional groups attached to an aromatic ring is 1. The van der Waals surface area contributed by atoms with Gasteiger partial charge in [0, 0.05) is 13.0 Å². The number of anilines is 1. The lowest BCUT2D eigenvalue weighted by molar-refractivity contribution is 0.0969. The molecule has 1 heterocycles. The van der Waals surface area contributed by atoms with E-state index in [-0.39, 0.29) is 5.78 Å². The van der Waals surface area contributed by atoms with Gasteiger partial charge in [-0.1, -0.05) is 25.2 Å². The molecule has 90 valence electrons. The minimum absolute atomic E-state index is 0.151. The molecular weight excluding hydrogens is 222 g/mol. The summed E-state index contributed by atoms with van der Waals surface area (Å²) in [5.41, 5.74) is 6.33. The Balaban J connectivity index is 2.56. The number of hydrogen-bond acceptors (Lipinski definition) is 5. The van der Waals surface area contributed by atoms with Crippen molar-refractivity contribution in [3.8, 4) is 0 Å². The molecule has 0 spiro atoms. The number of nitrogens with two attached hydrogens (primary N) is 1. The lowest BCUT2D eigenvalue weighted by Gasteiger charge is -2.16. The number of nitrogens with zero attached hydrogens (tertiary/aromatic N) is 2. The van der Waals surface area contributed by atoms with Crippen LogP contribution in [0.2, 0.25) is 0 Å². The van der Waals surface area contributed by atoms with Gasteiger partial charge in [-0.25, -0.2) is 4.98 Å². The smallest absolute Gasteiger partial charge is 0.180 e. The number of hydrogen-bond donors (Lipinski definition) is 1. The Morgan fingerprint density at radius 2 is 2.06 bits per heavy atom. The van der Waals surface area contributed by atoms with E-state index in [1.807, 2.05) is 6.92 Å². The zero-order valence-electron chi connectivity index (χ0n) is 10.1. The van der Waals surface area contributed by atoms with Crippen molar-refractivity contribution in [2.75, 3.05) is 25.4 Å². The van der Waals surface area contributed by atoms with Crippen LogP contribution in [0, 0.1) is 6.92 Å². The highest BCUT2D eigenvalue weighted by atomic mass is 32.1. The van der Waals surface area contributed by atoms with Gasteiger partial charge in [0.15, 0.2) is 10.9 Å². The first-order chi connectivity index (χ1) is 7.58. The van der Waals surface area contributed by atoms with E-state index < -0.39 is 0 Å². The van der Waals surface area contributed by atoms with Gasteiger partial charge >= 0.3 is 0 Å². The highest BCUT2D eigenvalue weighted by Gasteiger charge is 2.14. The number of aryl methyl sites for hydroxylation is 1. The van der Waals surface area contributed by atoms with E-state index in [0.717, 1.165) is 25.3 Å². The minimum Gasteiger partial charge on any atom is -0.375 e. The molecule has 1 rings (SSSR count). The van der Waals surface area contributed by atoms with E-state index in [2.05, 4.69) is 23.7 Å². The lowest BCUT2D eigenvalue weighted by atomic mass is 10.2. The van der Waals surface area contributed by atoms with E-state index >= 15 is 0 Å². The summed E-state index contributed by atoms with van der Waals surface area (Å²) in [5.74, 6) is 0.151. The molecule has 0 fully saturated rings. The van der Waals surface area contributed by atoms with Gasteiger partial charge in [0.2, 0.25) is 0 Å². The van der Waals surface area contributed by atoms with E-state index in [9.17, 15) is 4.79 Å². The van der Waals surface area contributed by atoms with Crippen LogP contribution >= 0.6 is 11.3 Å². The van der Waals surface area contributed by atoms with E-state index in [1.54, 1.807) is 0 Å². The van der Waals surface area contributed by atoms with E-state index in [0.29, 0.717) is 16.4 Å². The molecule has 5 heteroatoms. The average Bonchev–Trinajstić information content (AvgIpc) is 2.59. The second kappa shape index (κ2) is 5.96. The van der Waals surface area contributed by atoms with Crippen LogP contribution in [0.1, 0.15) is 35.6 Å². The molecule has 0 unspecified atom stereocenters. The summed E-state index contributed by atoms with van der Waals surface area (Å²) >= 11 is 1.29. The largest absolute Gasteiger partial charge is 0.375 e. The van der Waals surface area contributed by atoms with E-state index in [4.69, 9.17) is 5.73 Å². The van der Waals surface area contributed by atoms with Crippen molar-refractivity contribution in [3.63, 3.8) is 0 Å². The lowest BCUT2D eigenvalue weighted by Crippen LogP contribution is -2.25. The molecule has 0 atom stereocenters.